The van der Waals surface area contributed by atoms with Crippen molar-refractivity contribution in [3.63, 3.8) is 0 Å². The van der Waals surface area contributed by atoms with Gasteiger partial charge >= 0.3 is 0 Å². The Kier molecular flexibility index (Phi) is 7.79. The summed E-state index contributed by atoms with van der Waals surface area (Å²) < 4.78 is 20.5. The first-order chi connectivity index (χ1) is 14.8. The number of ether oxygens (including phenoxy) is 1. The SMILES string of the molecule is CCCCOc1ccc(C(=O)N(C)c2ccc(N3CCC(N(C)C)C3)c(F)c2)c(Cl)c1.[HH]. The van der Waals surface area contributed by atoms with Crippen molar-refractivity contribution >= 4 is 28.9 Å². The smallest absolute Gasteiger partial charge is 0.259 e. The highest BCUT2D eigenvalue weighted by Crippen LogP contribution is 2.30. The number of hydrogen-bond donors (Lipinski definition) is 0. The average molecular weight is 450 g/mol. The minimum Gasteiger partial charge on any atom is -0.494 e. The van der Waals surface area contributed by atoms with Crippen LogP contribution < -0.4 is 14.5 Å². The van der Waals surface area contributed by atoms with Gasteiger partial charge in [-0.05, 0) is 63.3 Å². The van der Waals surface area contributed by atoms with Gasteiger partial charge in [-0.25, -0.2) is 4.39 Å². The van der Waals surface area contributed by atoms with E-state index in [9.17, 15) is 9.18 Å². The second-order valence-electron chi connectivity index (χ2n) is 8.20. The number of anilines is 2. The van der Waals surface area contributed by atoms with Gasteiger partial charge in [0.25, 0.3) is 5.91 Å². The first-order valence-corrected chi connectivity index (χ1v) is 11.1. The second kappa shape index (κ2) is 10.3. The number of carbonyl (C=O) groups excluding carboxylic acids is 1. The van der Waals surface area contributed by atoms with Crippen LogP contribution in [0.15, 0.2) is 36.4 Å². The number of halogens is 2. The molecule has 1 fully saturated rings. The molecule has 0 aliphatic carbocycles. The molecular formula is C24H33ClFN3O2. The van der Waals surface area contributed by atoms with Crippen molar-refractivity contribution < 1.29 is 15.3 Å². The van der Waals surface area contributed by atoms with Crippen LogP contribution in [0, 0.1) is 5.82 Å². The van der Waals surface area contributed by atoms with E-state index in [4.69, 9.17) is 16.3 Å². The number of rotatable bonds is 8. The van der Waals surface area contributed by atoms with Crippen molar-refractivity contribution in [2.24, 2.45) is 0 Å². The van der Waals surface area contributed by atoms with Crippen LogP contribution in [0.1, 0.15) is 38.0 Å². The van der Waals surface area contributed by atoms with Gasteiger partial charge in [0.15, 0.2) is 0 Å². The Labute approximate surface area is 190 Å². The van der Waals surface area contributed by atoms with E-state index in [2.05, 4.69) is 16.7 Å². The third-order valence-corrected chi connectivity index (χ3v) is 6.11. The molecule has 1 saturated heterocycles. The topological polar surface area (TPSA) is 36.0 Å². The van der Waals surface area contributed by atoms with E-state index >= 15 is 0 Å². The van der Waals surface area contributed by atoms with E-state index in [0.29, 0.717) is 40.4 Å². The molecule has 0 aromatic heterocycles. The van der Waals surface area contributed by atoms with Gasteiger partial charge in [0, 0.05) is 33.3 Å². The summed E-state index contributed by atoms with van der Waals surface area (Å²) in [7, 11) is 5.71. The summed E-state index contributed by atoms with van der Waals surface area (Å²) in [5.41, 5.74) is 1.40. The lowest BCUT2D eigenvalue weighted by molar-refractivity contribution is 0.0993. The number of amides is 1. The van der Waals surface area contributed by atoms with Crippen molar-refractivity contribution in [2.45, 2.75) is 32.2 Å². The van der Waals surface area contributed by atoms with E-state index in [1.807, 2.05) is 14.1 Å². The van der Waals surface area contributed by atoms with Crippen LogP contribution in [0.3, 0.4) is 0 Å². The van der Waals surface area contributed by atoms with Gasteiger partial charge in [0.05, 0.1) is 22.9 Å². The lowest BCUT2D eigenvalue weighted by Gasteiger charge is -2.24. The lowest BCUT2D eigenvalue weighted by Crippen LogP contribution is -2.31. The van der Waals surface area contributed by atoms with Gasteiger partial charge in [-0.15, -0.1) is 0 Å². The molecule has 0 N–H and O–H groups in total. The predicted molar refractivity (Wildman–Crippen MR) is 127 cm³/mol. The van der Waals surface area contributed by atoms with Crippen LogP contribution in [0.25, 0.3) is 0 Å². The number of unbranched alkanes of at least 4 members (excludes halogenated alkanes) is 1. The molecule has 1 atom stereocenters. The Hall–Kier alpha value is -2.31. The molecule has 5 nitrogen and oxygen atoms in total. The van der Waals surface area contributed by atoms with E-state index in [-0.39, 0.29) is 13.2 Å². The zero-order valence-electron chi connectivity index (χ0n) is 18.7. The summed E-state index contributed by atoms with van der Waals surface area (Å²) >= 11 is 6.34. The Morgan fingerprint density at radius 3 is 2.65 bits per heavy atom. The molecule has 2 aromatic carbocycles. The van der Waals surface area contributed by atoms with Gasteiger partial charge in [0.2, 0.25) is 0 Å². The summed E-state index contributed by atoms with van der Waals surface area (Å²) in [6, 6.07) is 10.4. The highest BCUT2D eigenvalue weighted by molar-refractivity contribution is 6.34. The van der Waals surface area contributed by atoms with E-state index < -0.39 is 0 Å². The summed E-state index contributed by atoms with van der Waals surface area (Å²) in [6.07, 6.45) is 3.00. The molecule has 170 valence electrons. The Balaban J connectivity index is 0.00000363. The zero-order chi connectivity index (χ0) is 22.5. The fourth-order valence-electron chi connectivity index (χ4n) is 3.73. The summed E-state index contributed by atoms with van der Waals surface area (Å²) in [5, 5.41) is 0.315. The summed E-state index contributed by atoms with van der Waals surface area (Å²) in [5.74, 6) is 0.00289. The molecule has 0 radical (unpaired) electrons. The molecule has 0 spiro atoms. The molecule has 1 amide bonds. The molecule has 0 saturated carbocycles. The number of hydrogen-bond acceptors (Lipinski definition) is 4. The standard InChI is InChI=1S/C24H31ClFN3O2.H2/c1-5-6-13-31-19-8-9-20(21(25)15-19)24(30)28(4)17-7-10-23(22(26)14-17)29-12-11-18(16-29)27(2)3;/h7-10,14-15,18H,5-6,11-13,16H2,1-4H3;1H. The maximum absolute atomic E-state index is 14.9. The predicted octanol–water partition coefficient (Wildman–Crippen LogP) is 5.32. The van der Waals surface area contributed by atoms with E-state index in [1.54, 1.807) is 37.4 Å². The lowest BCUT2D eigenvalue weighted by atomic mass is 10.1. The van der Waals surface area contributed by atoms with Crippen molar-refractivity contribution in [2.75, 3.05) is 50.6 Å². The molecule has 7 heteroatoms. The third kappa shape index (κ3) is 5.49. The van der Waals surface area contributed by atoms with Crippen LogP contribution in [-0.2, 0) is 0 Å². The molecule has 0 bridgehead atoms. The molecule has 2 aromatic rings. The van der Waals surface area contributed by atoms with Crippen LogP contribution in [0.5, 0.6) is 5.75 Å². The largest absolute Gasteiger partial charge is 0.494 e. The zero-order valence-corrected chi connectivity index (χ0v) is 19.5. The van der Waals surface area contributed by atoms with Gasteiger partial charge in [0.1, 0.15) is 11.6 Å². The third-order valence-electron chi connectivity index (χ3n) is 5.80. The highest BCUT2D eigenvalue weighted by atomic mass is 35.5. The van der Waals surface area contributed by atoms with Gasteiger partial charge in [-0.2, -0.15) is 0 Å². The van der Waals surface area contributed by atoms with Gasteiger partial charge in [-0.3, -0.25) is 4.79 Å². The first-order valence-electron chi connectivity index (χ1n) is 10.7. The number of carbonyl (C=O) groups is 1. The van der Waals surface area contributed by atoms with Crippen LogP contribution >= 0.6 is 11.6 Å². The number of likely N-dealkylation sites (N-methyl/N-ethyl adjacent to an activating group) is 1. The quantitative estimate of drug-likeness (QED) is 0.511. The maximum Gasteiger partial charge on any atom is 0.259 e. The molecule has 1 aliphatic heterocycles. The van der Waals surface area contributed by atoms with Crippen molar-refractivity contribution in [3.05, 3.63) is 52.8 Å². The average Bonchev–Trinajstić information content (AvgIpc) is 3.23. The molecular weight excluding hydrogens is 417 g/mol. The summed E-state index contributed by atoms with van der Waals surface area (Å²) in [6.45, 7) is 4.31. The fraction of sp³-hybridized carbons (Fsp3) is 0.458. The first kappa shape index (κ1) is 23.4. The molecule has 1 unspecified atom stereocenters. The monoisotopic (exact) mass is 449 g/mol. The van der Waals surface area contributed by atoms with E-state index in [0.717, 1.165) is 32.4 Å². The Morgan fingerprint density at radius 1 is 1.26 bits per heavy atom. The molecule has 31 heavy (non-hydrogen) atoms. The van der Waals surface area contributed by atoms with Crippen molar-refractivity contribution in [3.8, 4) is 5.75 Å². The minimum absolute atomic E-state index is 0. The second-order valence-corrected chi connectivity index (χ2v) is 8.60. The van der Waals surface area contributed by atoms with Gasteiger partial charge in [-0.1, -0.05) is 24.9 Å². The van der Waals surface area contributed by atoms with Crippen molar-refractivity contribution in [1.82, 2.24) is 4.90 Å². The minimum atomic E-state index is -0.331. The Morgan fingerprint density at radius 2 is 2.03 bits per heavy atom. The highest BCUT2D eigenvalue weighted by Gasteiger charge is 2.26. The van der Waals surface area contributed by atoms with E-state index in [1.165, 1.54) is 11.0 Å². The molecule has 3 rings (SSSR count). The number of benzene rings is 2. The van der Waals surface area contributed by atoms with Crippen LogP contribution in [0.2, 0.25) is 5.02 Å². The van der Waals surface area contributed by atoms with Crippen LogP contribution in [-0.4, -0.2) is 57.7 Å². The normalized spacial score (nSPS) is 16.1. The van der Waals surface area contributed by atoms with Crippen LogP contribution in [0.4, 0.5) is 15.8 Å². The molecule has 1 heterocycles. The Bertz CT molecular complexity index is 928. The number of nitrogens with zero attached hydrogens (tertiary/aromatic N) is 3. The maximum atomic E-state index is 14.9. The molecule has 1 aliphatic rings. The fourth-order valence-corrected chi connectivity index (χ4v) is 3.99. The summed E-state index contributed by atoms with van der Waals surface area (Å²) in [4.78, 5) is 18.6. The van der Waals surface area contributed by atoms with Gasteiger partial charge < -0.3 is 19.4 Å². The van der Waals surface area contributed by atoms with Crippen molar-refractivity contribution in [1.29, 1.82) is 0 Å².